The van der Waals surface area contributed by atoms with E-state index in [0.717, 1.165) is 45.8 Å². The van der Waals surface area contributed by atoms with Crippen LogP contribution in [0.2, 0.25) is 0 Å². The molecule has 0 spiro atoms. The largest absolute Gasteiger partial charge is 0.744 e. The van der Waals surface area contributed by atoms with Gasteiger partial charge < -0.3 is 14.4 Å². The Morgan fingerprint density at radius 3 is 1.97 bits per heavy atom. The van der Waals surface area contributed by atoms with Crippen molar-refractivity contribution in [2.45, 2.75) is 18.4 Å². The monoisotopic (exact) mass is 542 g/mol. The summed E-state index contributed by atoms with van der Waals surface area (Å²) in [5.41, 5.74) is 8.71. The molecule has 4 rings (SSSR count). The van der Waals surface area contributed by atoms with E-state index in [4.69, 9.17) is 0 Å². The van der Waals surface area contributed by atoms with Crippen LogP contribution in [0.15, 0.2) is 108 Å². The molecule has 0 radical (unpaired) electrons. The summed E-state index contributed by atoms with van der Waals surface area (Å²) in [6.07, 6.45) is 8.60. The van der Waals surface area contributed by atoms with Gasteiger partial charge >= 0.3 is 0 Å². The van der Waals surface area contributed by atoms with Gasteiger partial charge in [-0.1, -0.05) is 24.3 Å². The first-order chi connectivity index (χ1) is 18.6. The number of hydrogen-bond acceptors (Lipinski definition) is 4. The summed E-state index contributed by atoms with van der Waals surface area (Å²) in [5.74, 6) is 0. The molecule has 202 valence electrons. The van der Waals surface area contributed by atoms with Crippen LogP contribution in [0.3, 0.4) is 0 Å². The van der Waals surface area contributed by atoms with E-state index >= 15 is 0 Å². The Kier molecular flexibility index (Phi) is 8.65. The van der Waals surface area contributed by atoms with E-state index in [2.05, 4.69) is 103 Å². The first-order valence-electron chi connectivity index (χ1n) is 13.0. The smallest absolute Gasteiger partial charge is 0.199 e. The van der Waals surface area contributed by atoms with E-state index in [1.54, 1.807) is 6.07 Å². The highest BCUT2D eigenvalue weighted by atomic mass is 32.2. The van der Waals surface area contributed by atoms with Gasteiger partial charge in [-0.25, -0.2) is 13.0 Å². The van der Waals surface area contributed by atoms with Crippen molar-refractivity contribution in [3.63, 3.8) is 0 Å². The average Bonchev–Trinajstić information content (AvgIpc) is 2.92. The predicted molar refractivity (Wildman–Crippen MR) is 158 cm³/mol. The fraction of sp³-hybridized carbons (Fsp3) is 0.219. The zero-order valence-electron chi connectivity index (χ0n) is 23.2. The minimum Gasteiger partial charge on any atom is -0.744 e. The summed E-state index contributed by atoms with van der Waals surface area (Å²) in [5, 5.41) is 0. The average molecular weight is 543 g/mol. The van der Waals surface area contributed by atoms with Crippen LogP contribution in [0.1, 0.15) is 23.6 Å². The third-order valence-corrected chi connectivity index (χ3v) is 7.72. The highest BCUT2D eigenvalue weighted by Crippen LogP contribution is 2.32. The van der Waals surface area contributed by atoms with Crippen LogP contribution >= 0.6 is 0 Å². The molecule has 0 saturated heterocycles. The Hall–Kier alpha value is -3.78. The second-order valence-corrected chi connectivity index (χ2v) is 11.4. The lowest BCUT2D eigenvalue weighted by Crippen LogP contribution is -3.00. The van der Waals surface area contributed by atoms with Crippen molar-refractivity contribution in [1.29, 1.82) is 0 Å². The second kappa shape index (κ2) is 11.9. The number of nitrogens with zero attached hydrogens (tertiary/aromatic N) is 2. The summed E-state index contributed by atoms with van der Waals surface area (Å²) < 4.78 is 36.5. The molecule has 0 heterocycles. The van der Waals surface area contributed by atoms with Crippen molar-refractivity contribution in [1.82, 2.24) is 0 Å². The van der Waals surface area contributed by atoms with Gasteiger partial charge in [-0.05, 0) is 95.4 Å². The second-order valence-electron chi connectivity index (χ2n) is 10.1. The van der Waals surface area contributed by atoms with E-state index < -0.39 is 10.1 Å². The molecule has 39 heavy (non-hydrogen) atoms. The quantitative estimate of drug-likeness (QED) is 0.345. The van der Waals surface area contributed by atoms with Crippen molar-refractivity contribution < 1.29 is 22.4 Å². The lowest BCUT2D eigenvalue weighted by Gasteiger charge is -2.24. The first kappa shape index (κ1) is 28.2. The van der Waals surface area contributed by atoms with Crippen LogP contribution in [-0.2, 0) is 16.7 Å². The molecule has 1 N–H and O–H groups in total. The maximum absolute atomic E-state index is 11.5. The van der Waals surface area contributed by atoms with Gasteiger partial charge in [-0.15, -0.1) is 0 Å². The van der Waals surface area contributed by atoms with E-state index in [1.165, 1.54) is 22.7 Å². The molecule has 6 nitrogen and oxygen atoms in total. The Labute approximate surface area is 232 Å². The van der Waals surface area contributed by atoms with Crippen LogP contribution in [0.25, 0.3) is 5.57 Å². The molecule has 0 saturated carbocycles. The summed E-state index contributed by atoms with van der Waals surface area (Å²) in [4.78, 5) is 3.23. The molecule has 0 aromatic heterocycles. The number of rotatable bonds is 8. The summed E-state index contributed by atoms with van der Waals surface area (Å²) in [6, 6.07) is 23.4. The summed E-state index contributed by atoms with van der Waals surface area (Å²) in [6.45, 7) is 3.28. The Bertz CT molecular complexity index is 1540. The fourth-order valence-electron chi connectivity index (χ4n) is 4.64. The van der Waals surface area contributed by atoms with Gasteiger partial charge in [0.1, 0.15) is 29.9 Å². The van der Waals surface area contributed by atoms with Gasteiger partial charge in [-0.3, -0.25) is 0 Å². The SMILES string of the molecule is CCN(Cc1cccc(S(=O)(=O)[O-])c1)c1ccc(C(=C2C=CC(=[N+](C)C)C=C2)c2ccc([NH+](C)C)cc2)cc1. The molecule has 0 atom stereocenters. The number of hydrogen-bond donors (Lipinski definition) is 1. The van der Waals surface area contributed by atoms with E-state index in [0.29, 0.717) is 6.54 Å². The number of benzene rings is 3. The molecule has 3 aromatic rings. The molecule has 7 heteroatoms. The van der Waals surface area contributed by atoms with Gasteiger partial charge in [-0.2, -0.15) is 0 Å². The third-order valence-electron chi connectivity index (χ3n) is 6.89. The van der Waals surface area contributed by atoms with Gasteiger partial charge in [0.15, 0.2) is 5.71 Å². The minimum absolute atomic E-state index is 0.201. The molecule has 0 aliphatic heterocycles. The Morgan fingerprint density at radius 2 is 1.46 bits per heavy atom. The molecule has 1 aliphatic carbocycles. The van der Waals surface area contributed by atoms with Crippen LogP contribution < -0.4 is 9.80 Å². The van der Waals surface area contributed by atoms with Gasteiger partial charge in [0.2, 0.25) is 0 Å². The molecule has 1 aliphatic rings. The van der Waals surface area contributed by atoms with Crippen LogP contribution in [0.4, 0.5) is 11.4 Å². The lowest BCUT2D eigenvalue weighted by molar-refractivity contribution is -0.786. The van der Waals surface area contributed by atoms with Crippen LogP contribution in [-0.4, -0.2) is 58.0 Å². The molecular formula is C32H36N3O3S+. The van der Waals surface area contributed by atoms with Crippen molar-refractivity contribution >= 4 is 32.8 Å². The molecule has 3 aromatic carbocycles. The lowest BCUT2D eigenvalue weighted by atomic mass is 9.90. The molecule has 0 bridgehead atoms. The standard InChI is InChI=1S/C32H35N3O3S/c1-6-35(23-24-8-7-9-31(22-24)39(36,37)38)30-20-14-27(15-21-30)32(25-10-16-28(17-11-25)33(2)3)26-12-18-29(19-13-26)34(4)5/h7-22H,6,23H2,1-5H3/p+1. The van der Waals surface area contributed by atoms with E-state index in [-0.39, 0.29) is 4.90 Å². The Balaban J connectivity index is 1.69. The van der Waals surface area contributed by atoms with Crippen LogP contribution in [0.5, 0.6) is 0 Å². The van der Waals surface area contributed by atoms with Crippen molar-refractivity contribution in [2.24, 2.45) is 0 Å². The first-order valence-corrected chi connectivity index (χ1v) is 14.4. The minimum atomic E-state index is -4.49. The van der Waals surface area contributed by atoms with Crippen molar-refractivity contribution in [3.05, 3.63) is 119 Å². The molecule has 0 fully saturated rings. The highest BCUT2D eigenvalue weighted by molar-refractivity contribution is 7.85. The van der Waals surface area contributed by atoms with Gasteiger partial charge in [0.05, 0.1) is 19.0 Å². The van der Waals surface area contributed by atoms with Gasteiger partial charge in [0.25, 0.3) is 0 Å². The maximum atomic E-state index is 11.5. The number of anilines is 1. The van der Waals surface area contributed by atoms with E-state index in [1.807, 2.05) is 20.2 Å². The summed E-state index contributed by atoms with van der Waals surface area (Å²) >= 11 is 0. The highest BCUT2D eigenvalue weighted by Gasteiger charge is 2.15. The molecule has 0 unspecified atom stereocenters. The zero-order chi connectivity index (χ0) is 28.2. The third kappa shape index (κ3) is 6.81. The predicted octanol–water partition coefficient (Wildman–Crippen LogP) is 4.03. The number of quaternary nitrogens is 1. The summed E-state index contributed by atoms with van der Waals surface area (Å²) in [7, 11) is 3.82. The van der Waals surface area contributed by atoms with Crippen molar-refractivity contribution in [3.8, 4) is 0 Å². The fourth-order valence-corrected chi connectivity index (χ4v) is 5.18. The number of nitrogens with one attached hydrogen (secondary N) is 1. The zero-order valence-corrected chi connectivity index (χ0v) is 24.0. The van der Waals surface area contributed by atoms with Crippen LogP contribution in [0, 0.1) is 0 Å². The maximum Gasteiger partial charge on any atom is 0.199 e. The van der Waals surface area contributed by atoms with Gasteiger partial charge in [0, 0.05) is 30.9 Å². The Morgan fingerprint density at radius 1 is 0.872 bits per heavy atom. The molecular weight excluding hydrogens is 506 g/mol. The molecule has 0 amide bonds. The normalized spacial score (nSPS) is 13.2. The van der Waals surface area contributed by atoms with Crippen molar-refractivity contribution in [2.75, 3.05) is 39.6 Å². The number of allylic oxidation sites excluding steroid dienone is 5. The topological polar surface area (TPSA) is 67.9 Å². The van der Waals surface area contributed by atoms with E-state index in [9.17, 15) is 13.0 Å².